The minimum atomic E-state index is -0.444. The van der Waals surface area contributed by atoms with Gasteiger partial charge in [-0.15, -0.1) is 22.0 Å². The van der Waals surface area contributed by atoms with Gasteiger partial charge in [-0.2, -0.15) is 0 Å². The summed E-state index contributed by atoms with van der Waals surface area (Å²) in [7, 11) is 0. The highest BCUT2D eigenvalue weighted by Crippen LogP contribution is 2.36. The zero-order valence-corrected chi connectivity index (χ0v) is 17.8. The number of anilines is 2. The van der Waals surface area contributed by atoms with E-state index < -0.39 is 5.25 Å². The Morgan fingerprint density at radius 3 is 2.81 bits per heavy atom. The van der Waals surface area contributed by atoms with Crippen LogP contribution in [0, 0.1) is 0 Å². The highest BCUT2D eigenvalue weighted by Gasteiger charge is 2.28. The molecule has 0 fully saturated rings. The first kappa shape index (κ1) is 19.8. The van der Waals surface area contributed by atoms with Crippen LogP contribution in [0.1, 0.15) is 31.5 Å². The minimum Gasteiger partial charge on any atom is -0.326 e. The summed E-state index contributed by atoms with van der Waals surface area (Å²) >= 11 is 1.43. The molecule has 2 aliphatic rings. The van der Waals surface area contributed by atoms with Gasteiger partial charge in [0.05, 0.1) is 10.9 Å². The van der Waals surface area contributed by atoms with Gasteiger partial charge in [0.1, 0.15) is 5.82 Å². The van der Waals surface area contributed by atoms with Crippen molar-refractivity contribution in [3.05, 3.63) is 54.4 Å². The van der Waals surface area contributed by atoms with Crippen molar-refractivity contribution in [1.29, 1.82) is 0 Å². The normalized spacial score (nSPS) is 17.8. The summed E-state index contributed by atoms with van der Waals surface area (Å²) in [4.78, 5) is 25.9. The molecule has 0 unspecified atom stereocenters. The van der Waals surface area contributed by atoms with Gasteiger partial charge in [0.15, 0.2) is 5.82 Å². The van der Waals surface area contributed by atoms with Crippen molar-refractivity contribution in [2.24, 2.45) is 0 Å². The average molecular weight is 434 g/mol. The van der Waals surface area contributed by atoms with Gasteiger partial charge < -0.3 is 15.2 Å². The van der Waals surface area contributed by atoms with E-state index in [1.54, 1.807) is 0 Å². The lowest BCUT2D eigenvalue weighted by Gasteiger charge is -2.23. The fourth-order valence-corrected chi connectivity index (χ4v) is 5.12. The molecule has 2 amide bonds. The maximum Gasteiger partial charge on any atom is 0.238 e. The van der Waals surface area contributed by atoms with E-state index in [0.29, 0.717) is 5.69 Å². The molecule has 0 radical (unpaired) electrons. The number of nitrogens with zero attached hydrogens (tertiary/aromatic N) is 3. The number of amides is 2. The monoisotopic (exact) mass is 433 g/mol. The molecule has 7 nitrogen and oxygen atoms in total. The smallest absolute Gasteiger partial charge is 0.238 e. The summed E-state index contributed by atoms with van der Waals surface area (Å²) in [6, 6.07) is 15.3. The molecule has 5 rings (SSSR count). The molecule has 2 aliphatic heterocycles. The van der Waals surface area contributed by atoms with E-state index in [0.717, 1.165) is 53.6 Å². The maximum absolute atomic E-state index is 12.6. The first-order valence-electron chi connectivity index (χ1n) is 10.6. The third kappa shape index (κ3) is 4.20. The van der Waals surface area contributed by atoms with Crippen LogP contribution in [0.2, 0.25) is 0 Å². The number of benzene rings is 2. The molecule has 31 heavy (non-hydrogen) atoms. The second-order valence-electron chi connectivity index (χ2n) is 7.82. The van der Waals surface area contributed by atoms with Gasteiger partial charge in [-0.25, -0.2) is 0 Å². The molecule has 2 N–H and O–H groups in total. The lowest BCUT2D eigenvalue weighted by atomic mass is 10.2. The van der Waals surface area contributed by atoms with Crippen LogP contribution in [-0.2, 0) is 22.6 Å². The van der Waals surface area contributed by atoms with E-state index in [1.165, 1.54) is 18.2 Å². The predicted octanol–water partition coefficient (Wildman–Crippen LogP) is 4.11. The van der Waals surface area contributed by atoms with Crippen molar-refractivity contribution in [3.8, 4) is 11.4 Å². The van der Waals surface area contributed by atoms with Crippen LogP contribution in [0.15, 0.2) is 53.4 Å². The first-order valence-corrected chi connectivity index (χ1v) is 11.4. The Hall–Kier alpha value is -3.13. The second-order valence-corrected chi connectivity index (χ2v) is 9.07. The summed E-state index contributed by atoms with van der Waals surface area (Å²) in [6.45, 7) is 0.945. The van der Waals surface area contributed by atoms with Crippen LogP contribution in [0.3, 0.4) is 0 Å². The number of aryl methyl sites for hydroxylation is 1. The van der Waals surface area contributed by atoms with Crippen molar-refractivity contribution in [1.82, 2.24) is 14.8 Å². The van der Waals surface area contributed by atoms with Gasteiger partial charge in [0.25, 0.3) is 0 Å². The maximum atomic E-state index is 12.6. The number of carbonyl (C=O) groups is 2. The molecule has 1 aromatic heterocycles. The van der Waals surface area contributed by atoms with Crippen LogP contribution in [0.5, 0.6) is 0 Å². The molecule has 0 saturated carbocycles. The molecular formula is C23H23N5O2S. The highest BCUT2D eigenvalue weighted by atomic mass is 32.2. The zero-order chi connectivity index (χ0) is 21.2. The number of hydrogen-bond donors (Lipinski definition) is 2. The van der Waals surface area contributed by atoms with Gasteiger partial charge in [-0.1, -0.05) is 18.6 Å². The molecule has 158 valence electrons. The Bertz CT molecular complexity index is 1130. The summed E-state index contributed by atoms with van der Waals surface area (Å²) in [5.41, 5.74) is 2.49. The van der Waals surface area contributed by atoms with Crippen LogP contribution in [-0.4, -0.2) is 31.8 Å². The topological polar surface area (TPSA) is 88.9 Å². The Kier molecular flexibility index (Phi) is 5.46. The summed E-state index contributed by atoms with van der Waals surface area (Å²) < 4.78 is 2.21. The van der Waals surface area contributed by atoms with E-state index in [9.17, 15) is 9.59 Å². The molecule has 8 heteroatoms. The standard InChI is InChI=1S/C23H23N5O2S/c29-21(14-19-23(30)25-17-6-3-4-7-18(17)31-19)24-16-11-9-15(10-12-16)22-27-26-20-8-2-1-5-13-28(20)22/h3-4,6-7,9-12,19H,1-2,5,8,13-14H2,(H,24,29)(H,25,30)/t19-/m0/s1. The van der Waals surface area contributed by atoms with Crippen LogP contribution < -0.4 is 10.6 Å². The Labute approximate surface area is 184 Å². The SMILES string of the molecule is O=C(C[C@@H]1Sc2ccccc2NC1=O)Nc1ccc(-c2nnc3n2CCCCC3)cc1. The summed E-state index contributed by atoms with van der Waals surface area (Å²) in [6.07, 6.45) is 4.61. The van der Waals surface area contributed by atoms with Gasteiger partial charge >= 0.3 is 0 Å². The fraction of sp³-hybridized carbons (Fsp3) is 0.304. The summed E-state index contributed by atoms with van der Waals surface area (Å²) in [5, 5.41) is 14.1. The van der Waals surface area contributed by atoms with Crippen molar-refractivity contribution < 1.29 is 9.59 Å². The second kappa shape index (κ2) is 8.55. The molecule has 1 atom stereocenters. The number of hydrogen-bond acceptors (Lipinski definition) is 5. The van der Waals surface area contributed by atoms with E-state index >= 15 is 0 Å². The molecule has 3 heterocycles. The molecule has 3 aromatic rings. The van der Waals surface area contributed by atoms with E-state index in [1.807, 2.05) is 48.5 Å². The number of carbonyl (C=O) groups excluding carboxylic acids is 2. The first-order chi connectivity index (χ1) is 15.2. The quantitative estimate of drug-likeness (QED) is 0.646. The van der Waals surface area contributed by atoms with E-state index in [4.69, 9.17) is 0 Å². The number of thioether (sulfide) groups is 1. The molecule has 2 aromatic carbocycles. The van der Waals surface area contributed by atoms with Gasteiger partial charge in [-0.05, 0) is 49.2 Å². The number of fused-ring (bicyclic) bond motifs is 2. The molecule has 0 bridgehead atoms. The van der Waals surface area contributed by atoms with E-state index in [2.05, 4.69) is 25.4 Å². The van der Waals surface area contributed by atoms with Crippen molar-refractivity contribution in [3.63, 3.8) is 0 Å². The minimum absolute atomic E-state index is 0.115. The van der Waals surface area contributed by atoms with Gasteiger partial charge in [0.2, 0.25) is 11.8 Å². The van der Waals surface area contributed by atoms with E-state index in [-0.39, 0.29) is 18.2 Å². The van der Waals surface area contributed by atoms with Crippen molar-refractivity contribution in [2.45, 2.75) is 48.8 Å². The molecule has 0 spiro atoms. The predicted molar refractivity (Wildman–Crippen MR) is 121 cm³/mol. The lowest BCUT2D eigenvalue weighted by Crippen LogP contribution is -2.32. The molecule has 0 aliphatic carbocycles. The van der Waals surface area contributed by atoms with Crippen LogP contribution in [0.25, 0.3) is 11.4 Å². The molecule has 0 saturated heterocycles. The molecular weight excluding hydrogens is 410 g/mol. The highest BCUT2D eigenvalue weighted by molar-refractivity contribution is 8.01. The van der Waals surface area contributed by atoms with Gasteiger partial charge in [-0.3, -0.25) is 9.59 Å². The van der Waals surface area contributed by atoms with Gasteiger partial charge in [0, 0.05) is 35.5 Å². The largest absolute Gasteiger partial charge is 0.326 e. The third-order valence-electron chi connectivity index (χ3n) is 5.61. The Balaban J connectivity index is 1.24. The third-order valence-corrected chi connectivity index (χ3v) is 6.89. The van der Waals surface area contributed by atoms with Crippen molar-refractivity contribution in [2.75, 3.05) is 10.6 Å². The Morgan fingerprint density at radius 1 is 1.10 bits per heavy atom. The van der Waals surface area contributed by atoms with Crippen molar-refractivity contribution >= 4 is 35.0 Å². The lowest BCUT2D eigenvalue weighted by molar-refractivity contribution is -0.120. The Morgan fingerprint density at radius 2 is 1.94 bits per heavy atom. The number of rotatable bonds is 4. The average Bonchev–Trinajstić information content (AvgIpc) is 3.03. The number of nitrogens with one attached hydrogen (secondary N) is 2. The zero-order valence-electron chi connectivity index (χ0n) is 17.0. The number of para-hydroxylation sites is 1. The summed E-state index contributed by atoms with van der Waals surface area (Å²) in [5.74, 6) is 1.61. The van der Waals surface area contributed by atoms with Crippen LogP contribution in [0.4, 0.5) is 11.4 Å². The number of aromatic nitrogens is 3. The van der Waals surface area contributed by atoms with Crippen LogP contribution >= 0.6 is 11.8 Å². The fourth-order valence-electron chi connectivity index (χ4n) is 4.01.